The van der Waals surface area contributed by atoms with Crippen LogP contribution in [-0.4, -0.2) is 29.4 Å². The van der Waals surface area contributed by atoms with Gasteiger partial charge in [0.2, 0.25) is 11.8 Å². The molecule has 1 fully saturated rings. The molecule has 14 heavy (non-hydrogen) atoms. The fourth-order valence-electron chi connectivity index (χ4n) is 0.906. The van der Waals surface area contributed by atoms with Gasteiger partial charge in [0.15, 0.2) is 0 Å². The zero-order valence-corrected chi connectivity index (χ0v) is 8.52. The fraction of sp³-hybridized carbons (Fsp3) is 0.625. The lowest BCUT2D eigenvalue weighted by Gasteiger charge is -2.04. The SMILES string of the molecule is NC(=S)CC(=O)NCC(=O)NC1CC1. The van der Waals surface area contributed by atoms with Crippen molar-refractivity contribution in [3.63, 3.8) is 0 Å². The first kappa shape index (κ1) is 10.9. The third kappa shape index (κ3) is 4.76. The summed E-state index contributed by atoms with van der Waals surface area (Å²) in [6, 6.07) is 0.315. The summed E-state index contributed by atoms with van der Waals surface area (Å²) >= 11 is 4.55. The van der Waals surface area contributed by atoms with Gasteiger partial charge in [-0.3, -0.25) is 9.59 Å². The fourth-order valence-corrected chi connectivity index (χ4v) is 1.04. The van der Waals surface area contributed by atoms with Crippen molar-refractivity contribution in [3.8, 4) is 0 Å². The lowest BCUT2D eigenvalue weighted by molar-refractivity contribution is -0.125. The number of rotatable bonds is 5. The van der Waals surface area contributed by atoms with Gasteiger partial charge in [-0.25, -0.2) is 0 Å². The molecule has 0 spiro atoms. The first-order valence-electron chi connectivity index (χ1n) is 4.42. The molecule has 0 radical (unpaired) electrons. The lowest BCUT2D eigenvalue weighted by Crippen LogP contribution is -2.38. The largest absolute Gasteiger partial charge is 0.393 e. The van der Waals surface area contributed by atoms with Gasteiger partial charge in [-0.2, -0.15) is 0 Å². The minimum atomic E-state index is -0.316. The van der Waals surface area contributed by atoms with E-state index in [0.717, 1.165) is 12.8 Å². The molecule has 0 bridgehead atoms. The Labute approximate surface area is 87.4 Å². The number of carbonyl (C=O) groups excluding carboxylic acids is 2. The molecule has 0 atom stereocenters. The second-order valence-corrected chi connectivity index (χ2v) is 3.79. The normalized spacial score (nSPS) is 14.6. The number of nitrogens with one attached hydrogen (secondary N) is 2. The van der Waals surface area contributed by atoms with Crippen molar-refractivity contribution in [1.29, 1.82) is 0 Å². The molecule has 1 aliphatic carbocycles. The highest BCUT2D eigenvalue weighted by atomic mass is 32.1. The summed E-state index contributed by atoms with van der Waals surface area (Å²) < 4.78 is 0. The topological polar surface area (TPSA) is 84.2 Å². The molecule has 4 N–H and O–H groups in total. The predicted molar refractivity (Wildman–Crippen MR) is 55.6 cm³/mol. The Morgan fingerprint density at radius 2 is 2.00 bits per heavy atom. The van der Waals surface area contributed by atoms with Crippen LogP contribution in [0.2, 0.25) is 0 Å². The average molecular weight is 215 g/mol. The standard InChI is InChI=1S/C8H13N3O2S/c9-6(14)3-7(12)10-4-8(13)11-5-1-2-5/h5H,1-4H2,(H2,9,14)(H,10,12)(H,11,13). The molecule has 1 aliphatic rings. The summed E-state index contributed by atoms with van der Waals surface area (Å²) in [7, 11) is 0. The smallest absolute Gasteiger partial charge is 0.239 e. The number of amides is 2. The Morgan fingerprint density at radius 1 is 1.36 bits per heavy atom. The molecule has 1 rings (SSSR count). The van der Waals surface area contributed by atoms with E-state index in [9.17, 15) is 9.59 Å². The summed E-state index contributed by atoms with van der Waals surface area (Å²) in [6.07, 6.45) is 2.06. The van der Waals surface area contributed by atoms with E-state index >= 15 is 0 Å². The van der Waals surface area contributed by atoms with Gasteiger partial charge in [0.05, 0.1) is 18.0 Å². The summed E-state index contributed by atoms with van der Waals surface area (Å²) in [6.45, 7) is -0.00204. The molecule has 1 saturated carbocycles. The van der Waals surface area contributed by atoms with Gasteiger partial charge in [0.25, 0.3) is 0 Å². The van der Waals surface area contributed by atoms with Gasteiger partial charge in [0, 0.05) is 6.04 Å². The highest BCUT2D eigenvalue weighted by Crippen LogP contribution is 2.18. The van der Waals surface area contributed by atoms with Crippen LogP contribution in [0.1, 0.15) is 19.3 Å². The summed E-state index contributed by atoms with van der Waals surface area (Å²) in [4.78, 5) is 22.2. The van der Waals surface area contributed by atoms with Gasteiger partial charge in [-0.15, -0.1) is 0 Å². The van der Waals surface area contributed by atoms with Crippen molar-refractivity contribution in [2.45, 2.75) is 25.3 Å². The second kappa shape index (κ2) is 4.90. The van der Waals surface area contributed by atoms with E-state index in [2.05, 4.69) is 22.9 Å². The van der Waals surface area contributed by atoms with Crippen LogP contribution in [0, 0.1) is 0 Å². The van der Waals surface area contributed by atoms with Crippen molar-refractivity contribution in [2.24, 2.45) is 5.73 Å². The molecule has 2 amide bonds. The maximum atomic E-state index is 11.1. The van der Waals surface area contributed by atoms with Gasteiger partial charge < -0.3 is 16.4 Å². The van der Waals surface area contributed by atoms with E-state index in [0.29, 0.717) is 6.04 Å². The van der Waals surface area contributed by atoms with E-state index in [1.54, 1.807) is 0 Å². The molecule has 0 aliphatic heterocycles. The zero-order valence-electron chi connectivity index (χ0n) is 7.71. The van der Waals surface area contributed by atoms with Gasteiger partial charge in [0.1, 0.15) is 0 Å². The van der Waals surface area contributed by atoms with Crippen molar-refractivity contribution >= 4 is 29.0 Å². The predicted octanol–water partition coefficient (Wildman–Crippen LogP) is -0.943. The maximum absolute atomic E-state index is 11.1. The Hall–Kier alpha value is -1.17. The van der Waals surface area contributed by atoms with E-state index in [1.165, 1.54) is 0 Å². The van der Waals surface area contributed by atoms with Crippen molar-refractivity contribution in [3.05, 3.63) is 0 Å². The molecule has 5 nitrogen and oxygen atoms in total. The van der Waals surface area contributed by atoms with Crippen LogP contribution in [0.25, 0.3) is 0 Å². The quantitative estimate of drug-likeness (QED) is 0.517. The Kier molecular flexibility index (Phi) is 3.82. The molecule has 0 aromatic carbocycles. The molecule has 0 aromatic heterocycles. The highest BCUT2D eigenvalue weighted by molar-refractivity contribution is 7.80. The van der Waals surface area contributed by atoms with Crippen LogP contribution in [0.4, 0.5) is 0 Å². The molecule has 0 aromatic rings. The minimum Gasteiger partial charge on any atom is -0.393 e. The molecular formula is C8H13N3O2S. The number of hydrogen-bond acceptors (Lipinski definition) is 3. The third-order valence-electron chi connectivity index (χ3n) is 1.72. The zero-order chi connectivity index (χ0) is 10.6. The average Bonchev–Trinajstić information content (AvgIpc) is 2.83. The second-order valence-electron chi connectivity index (χ2n) is 3.26. The first-order valence-corrected chi connectivity index (χ1v) is 4.83. The molecule has 6 heteroatoms. The van der Waals surface area contributed by atoms with Crippen LogP contribution >= 0.6 is 12.2 Å². The van der Waals surface area contributed by atoms with E-state index in [-0.39, 0.29) is 29.8 Å². The lowest BCUT2D eigenvalue weighted by atomic mass is 10.4. The number of carbonyl (C=O) groups is 2. The van der Waals surface area contributed by atoms with Crippen LogP contribution in [0.15, 0.2) is 0 Å². The molecule has 0 heterocycles. The first-order chi connectivity index (χ1) is 6.58. The van der Waals surface area contributed by atoms with Crippen LogP contribution in [0.5, 0.6) is 0 Å². The van der Waals surface area contributed by atoms with Gasteiger partial charge in [-0.1, -0.05) is 12.2 Å². The molecule has 0 unspecified atom stereocenters. The highest BCUT2D eigenvalue weighted by Gasteiger charge is 2.23. The van der Waals surface area contributed by atoms with Gasteiger partial charge in [-0.05, 0) is 12.8 Å². The Balaban J connectivity index is 2.08. The van der Waals surface area contributed by atoms with Crippen molar-refractivity contribution in [1.82, 2.24) is 10.6 Å². The Morgan fingerprint density at radius 3 is 2.50 bits per heavy atom. The minimum absolute atomic E-state index is 0.00204. The summed E-state index contributed by atoms with van der Waals surface area (Å²) in [5.41, 5.74) is 5.16. The summed E-state index contributed by atoms with van der Waals surface area (Å²) in [5, 5.41) is 5.17. The van der Waals surface area contributed by atoms with E-state index < -0.39 is 0 Å². The number of hydrogen-bond donors (Lipinski definition) is 3. The number of nitrogens with two attached hydrogens (primary N) is 1. The van der Waals surface area contributed by atoms with Crippen LogP contribution in [0.3, 0.4) is 0 Å². The van der Waals surface area contributed by atoms with Crippen LogP contribution < -0.4 is 16.4 Å². The van der Waals surface area contributed by atoms with Crippen molar-refractivity contribution < 1.29 is 9.59 Å². The molecule has 78 valence electrons. The summed E-state index contributed by atoms with van der Waals surface area (Å²) in [5.74, 6) is -0.479. The Bertz CT molecular complexity index is 263. The molecule has 0 saturated heterocycles. The van der Waals surface area contributed by atoms with Gasteiger partial charge >= 0.3 is 0 Å². The van der Waals surface area contributed by atoms with E-state index in [1.807, 2.05) is 0 Å². The van der Waals surface area contributed by atoms with Crippen LogP contribution in [-0.2, 0) is 9.59 Å². The molecular weight excluding hydrogens is 202 g/mol. The maximum Gasteiger partial charge on any atom is 0.239 e. The monoisotopic (exact) mass is 215 g/mol. The third-order valence-corrected chi connectivity index (χ3v) is 1.87. The van der Waals surface area contributed by atoms with E-state index in [4.69, 9.17) is 5.73 Å². The number of thiocarbonyl (C=S) groups is 1. The van der Waals surface area contributed by atoms with Crippen molar-refractivity contribution in [2.75, 3.05) is 6.54 Å².